The molecular formula is C13H11N3O3. The summed E-state index contributed by atoms with van der Waals surface area (Å²) in [5.74, 6) is 1.41. The van der Waals surface area contributed by atoms with Gasteiger partial charge in [0, 0.05) is 12.5 Å². The maximum atomic E-state index is 11.3. The second-order valence-electron chi connectivity index (χ2n) is 4.12. The Hall–Kier alpha value is -2.63. The Morgan fingerprint density at radius 1 is 1.37 bits per heavy atom. The Morgan fingerprint density at radius 2 is 2.21 bits per heavy atom. The second kappa shape index (κ2) is 4.24. The molecule has 0 spiro atoms. The minimum absolute atomic E-state index is 0.100. The summed E-state index contributed by atoms with van der Waals surface area (Å²) in [5.41, 5.74) is 1.32. The van der Waals surface area contributed by atoms with Gasteiger partial charge >= 0.3 is 0 Å². The van der Waals surface area contributed by atoms with Gasteiger partial charge in [0.15, 0.2) is 11.7 Å². The van der Waals surface area contributed by atoms with E-state index in [0.29, 0.717) is 35.1 Å². The normalized spacial score (nSPS) is 17.1. The highest BCUT2D eigenvalue weighted by atomic mass is 16.5. The van der Waals surface area contributed by atoms with E-state index in [2.05, 4.69) is 15.3 Å². The van der Waals surface area contributed by atoms with Crippen LogP contribution in [0.3, 0.4) is 0 Å². The number of aromatic hydroxyl groups is 1. The van der Waals surface area contributed by atoms with Crippen LogP contribution in [-0.4, -0.2) is 29.8 Å². The molecule has 3 rings (SSSR count). The predicted molar refractivity (Wildman–Crippen MR) is 69.5 cm³/mol. The lowest BCUT2D eigenvalue weighted by Crippen LogP contribution is -2.33. The largest absolute Gasteiger partial charge is 0.508 e. The molecule has 2 heterocycles. The quantitative estimate of drug-likeness (QED) is 0.827. The number of ether oxygens (including phenoxy) is 1. The molecule has 0 saturated heterocycles. The van der Waals surface area contributed by atoms with Crippen LogP contribution in [0.4, 0.5) is 0 Å². The standard InChI is InChI=1S/C13H11N3O3/c1-19-10-6-7(17)2-3-8(10)12-14-9-4-5-11(18)15-13(9)16-12/h2-4,6,17H,5H2,1H3,(H,14,15,16,18). The van der Waals surface area contributed by atoms with Crippen LogP contribution in [0.1, 0.15) is 12.0 Å². The van der Waals surface area contributed by atoms with Gasteiger partial charge in [-0.25, -0.2) is 9.98 Å². The molecule has 0 aliphatic carbocycles. The number of hydrogen-bond donors (Lipinski definition) is 2. The fourth-order valence-electron chi connectivity index (χ4n) is 1.95. The van der Waals surface area contributed by atoms with E-state index in [9.17, 15) is 9.90 Å². The van der Waals surface area contributed by atoms with Gasteiger partial charge in [0.1, 0.15) is 17.2 Å². The zero-order chi connectivity index (χ0) is 13.4. The van der Waals surface area contributed by atoms with E-state index in [4.69, 9.17) is 4.74 Å². The third kappa shape index (κ3) is 1.97. The van der Waals surface area contributed by atoms with E-state index >= 15 is 0 Å². The summed E-state index contributed by atoms with van der Waals surface area (Å²) in [6.07, 6.45) is 2.04. The number of carbonyl (C=O) groups is 1. The van der Waals surface area contributed by atoms with Gasteiger partial charge < -0.3 is 15.2 Å². The molecule has 19 heavy (non-hydrogen) atoms. The number of phenolic OH excluding ortho intramolecular Hbond substituents is 1. The molecule has 0 atom stereocenters. The molecule has 0 unspecified atom stereocenters. The topological polar surface area (TPSA) is 83.3 Å². The summed E-state index contributed by atoms with van der Waals surface area (Å²) in [4.78, 5) is 19.9. The van der Waals surface area contributed by atoms with Gasteiger partial charge in [-0.2, -0.15) is 0 Å². The van der Waals surface area contributed by atoms with Crippen molar-refractivity contribution in [2.24, 2.45) is 9.98 Å². The number of hydrogen-bond acceptors (Lipinski definition) is 5. The Kier molecular flexibility index (Phi) is 2.56. The minimum atomic E-state index is -0.100. The summed E-state index contributed by atoms with van der Waals surface area (Å²) >= 11 is 0. The van der Waals surface area contributed by atoms with Gasteiger partial charge in [-0.05, 0) is 18.2 Å². The van der Waals surface area contributed by atoms with Gasteiger partial charge in [-0.15, -0.1) is 0 Å². The van der Waals surface area contributed by atoms with Crippen molar-refractivity contribution < 1.29 is 14.6 Å². The van der Waals surface area contributed by atoms with Gasteiger partial charge in [-0.3, -0.25) is 4.79 Å². The number of methoxy groups -OCH3 is 1. The third-order valence-electron chi connectivity index (χ3n) is 2.85. The van der Waals surface area contributed by atoms with Crippen molar-refractivity contribution in [3.63, 3.8) is 0 Å². The fourth-order valence-corrected chi connectivity index (χ4v) is 1.95. The molecule has 2 aliphatic rings. The van der Waals surface area contributed by atoms with E-state index in [-0.39, 0.29) is 11.7 Å². The smallest absolute Gasteiger partial charge is 0.229 e. The van der Waals surface area contributed by atoms with Gasteiger partial charge in [-0.1, -0.05) is 0 Å². The first-order valence-electron chi connectivity index (χ1n) is 5.72. The number of benzene rings is 1. The van der Waals surface area contributed by atoms with E-state index in [1.807, 2.05) is 0 Å². The summed E-state index contributed by atoms with van der Waals surface area (Å²) in [5, 5.41) is 12.1. The number of aliphatic imine (C=N–C) groups is 2. The molecule has 2 aliphatic heterocycles. The maximum absolute atomic E-state index is 11.3. The molecule has 0 aromatic heterocycles. The van der Waals surface area contributed by atoms with Crippen LogP contribution >= 0.6 is 0 Å². The number of rotatable bonds is 2. The van der Waals surface area contributed by atoms with Crippen molar-refractivity contribution >= 4 is 17.6 Å². The lowest BCUT2D eigenvalue weighted by molar-refractivity contribution is -0.119. The van der Waals surface area contributed by atoms with Crippen LogP contribution in [0.15, 0.2) is 40.0 Å². The lowest BCUT2D eigenvalue weighted by Gasteiger charge is -2.08. The van der Waals surface area contributed by atoms with Crippen LogP contribution in [0.25, 0.3) is 0 Å². The minimum Gasteiger partial charge on any atom is -0.508 e. The average molecular weight is 257 g/mol. The average Bonchev–Trinajstić information content (AvgIpc) is 2.81. The molecule has 96 valence electrons. The van der Waals surface area contributed by atoms with Crippen molar-refractivity contribution in [1.82, 2.24) is 5.32 Å². The SMILES string of the molecule is COc1cc(O)ccc1C1=NC2=CCC(=O)NC2=N1. The Balaban J connectivity index is 2.04. The van der Waals surface area contributed by atoms with Crippen LogP contribution in [0, 0.1) is 0 Å². The fraction of sp³-hybridized carbons (Fsp3) is 0.154. The highest BCUT2D eigenvalue weighted by Crippen LogP contribution is 2.27. The Labute approximate surface area is 109 Å². The summed E-state index contributed by atoms with van der Waals surface area (Å²) in [7, 11) is 1.51. The van der Waals surface area contributed by atoms with Crippen molar-refractivity contribution in [3.05, 3.63) is 35.5 Å². The molecular weight excluding hydrogens is 246 g/mol. The van der Waals surface area contributed by atoms with Crippen molar-refractivity contribution in [1.29, 1.82) is 0 Å². The zero-order valence-electron chi connectivity index (χ0n) is 10.2. The van der Waals surface area contributed by atoms with Crippen molar-refractivity contribution in [2.45, 2.75) is 6.42 Å². The van der Waals surface area contributed by atoms with Crippen molar-refractivity contribution in [2.75, 3.05) is 7.11 Å². The highest BCUT2D eigenvalue weighted by molar-refractivity contribution is 6.22. The van der Waals surface area contributed by atoms with E-state index < -0.39 is 0 Å². The first kappa shape index (κ1) is 11.5. The van der Waals surface area contributed by atoms with Crippen LogP contribution in [0.5, 0.6) is 11.5 Å². The van der Waals surface area contributed by atoms with Crippen LogP contribution in [-0.2, 0) is 4.79 Å². The van der Waals surface area contributed by atoms with E-state index in [1.165, 1.54) is 19.2 Å². The lowest BCUT2D eigenvalue weighted by atomic mass is 10.2. The molecule has 2 N–H and O–H groups in total. The molecule has 1 aromatic carbocycles. The maximum Gasteiger partial charge on any atom is 0.229 e. The van der Waals surface area contributed by atoms with Gasteiger partial charge in [0.05, 0.1) is 12.7 Å². The summed E-state index contributed by atoms with van der Waals surface area (Å²) in [6, 6.07) is 4.71. The zero-order valence-corrected chi connectivity index (χ0v) is 10.2. The molecule has 1 amide bonds. The third-order valence-corrected chi connectivity index (χ3v) is 2.85. The monoisotopic (exact) mass is 257 g/mol. The number of fused-ring (bicyclic) bond motifs is 1. The number of amides is 1. The first-order valence-corrected chi connectivity index (χ1v) is 5.72. The molecule has 0 radical (unpaired) electrons. The molecule has 0 saturated carbocycles. The molecule has 6 nitrogen and oxygen atoms in total. The Morgan fingerprint density at radius 3 is 3.00 bits per heavy atom. The summed E-state index contributed by atoms with van der Waals surface area (Å²) < 4.78 is 5.20. The number of nitrogens with one attached hydrogen (secondary N) is 1. The van der Waals surface area contributed by atoms with Gasteiger partial charge in [0.25, 0.3) is 0 Å². The summed E-state index contributed by atoms with van der Waals surface area (Å²) in [6.45, 7) is 0. The molecule has 6 heteroatoms. The first-order chi connectivity index (χ1) is 9.17. The molecule has 0 fully saturated rings. The van der Waals surface area contributed by atoms with E-state index in [1.54, 1.807) is 12.1 Å². The number of amidine groups is 2. The number of carbonyl (C=O) groups excluding carboxylic acids is 1. The Bertz CT molecular complexity index is 659. The van der Waals surface area contributed by atoms with Crippen LogP contribution in [0.2, 0.25) is 0 Å². The van der Waals surface area contributed by atoms with Gasteiger partial charge in [0.2, 0.25) is 5.91 Å². The number of phenols is 1. The predicted octanol–water partition coefficient (Wildman–Crippen LogP) is 0.963. The molecule has 0 bridgehead atoms. The van der Waals surface area contributed by atoms with E-state index in [0.717, 1.165) is 0 Å². The van der Waals surface area contributed by atoms with Crippen LogP contribution < -0.4 is 10.1 Å². The highest BCUT2D eigenvalue weighted by Gasteiger charge is 2.24. The van der Waals surface area contributed by atoms with Crippen molar-refractivity contribution in [3.8, 4) is 11.5 Å². The number of nitrogens with zero attached hydrogens (tertiary/aromatic N) is 2. The molecule has 1 aromatic rings. The second-order valence-corrected chi connectivity index (χ2v) is 4.12.